The number of aromatic nitrogens is 2. The van der Waals surface area contributed by atoms with Gasteiger partial charge in [-0.15, -0.1) is 11.3 Å². The highest BCUT2D eigenvalue weighted by molar-refractivity contribution is 9.11. The number of anilines is 2. The monoisotopic (exact) mass is 368 g/mol. The molecule has 2 heterocycles. The van der Waals surface area contributed by atoms with Crippen LogP contribution >= 0.6 is 27.3 Å². The second-order valence-electron chi connectivity index (χ2n) is 4.72. The molecule has 21 heavy (non-hydrogen) atoms. The summed E-state index contributed by atoms with van der Waals surface area (Å²) in [5, 5.41) is 6.72. The van der Waals surface area contributed by atoms with Gasteiger partial charge in [-0.25, -0.2) is 9.97 Å². The third-order valence-electron chi connectivity index (χ3n) is 2.95. The van der Waals surface area contributed by atoms with Crippen molar-refractivity contribution in [3.8, 4) is 0 Å². The third-order valence-corrected chi connectivity index (χ3v) is 4.63. The molecule has 0 aliphatic rings. The molecule has 0 amide bonds. The molecule has 4 nitrogen and oxygen atoms in total. The van der Waals surface area contributed by atoms with Crippen LogP contribution < -0.4 is 10.6 Å². The van der Waals surface area contributed by atoms with Crippen molar-refractivity contribution in [1.82, 2.24) is 9.97 Å². The number of aryl methyl sites for hydroxylation is 1. The van der Waals surface area contributed by atoms with E-state index >= 15 is 0 Å². The fraction of sp³-hybridized carbons (Fsp3) is 0.467. The minimum Gasteiger partial charge on any atom is -0.370 e. The van der Waals surface area contributed by atoms with Crippen LogP contribution in [0.2, 0.25) is 0 Å². The SMILES string of the molecule is CCCNc1cc(NCCc2ccc(Br)s2)nc(CC)n1. The first-order valence-corrected chi connectivity index (χ1v) is 8.92. The number of nitrogens with one attached hydrogen (secondary N) is 2. The molecular formula is C15H21BrN4S. The van der Waals surface area contributed by atoms with Crippen LogP contribution in [0.25, 0.3) is 0 Å². The summed E-state index contributed by atoms with van der Waals surface area (Å²) < 4.78 is 1.18. The van der Waals surface area contributed by atoms with Crippen molar-refractivity contribution in [3.05, 3.63) is 32.7 Å². The smallest absolute Gasteiger partial charge is 0.132 e. The molecule has 2 N–H and O–H groups in total. The average molecular weight is 369 g/mol. The molecule has 0 spiro atoms. The van der Waals surface area contributed by atoms with Gasteiger partial charge in [0.25, 0.3) is 0 Å². The molecule has 0 atom stereocenters. The summed E-state index contributed by atoms with van der Waals surface area (Å²) in [5.41, 5.74) is 0. The highest BCUT2D eigenvalue weighted by atomic mass is 79.9. The van der Waals surface area contributed by atoms with Crippen LogP contribution in [0, 0.1) is 0 Å². The molecule has 114 valence electrons. The highest BCUT2D eigenvalue weighted by Crippen LogP contribution is 2.22. The van der Waals surface area contributed by atoms with Crippen LogP contribution in [0.3, 0.4) is 0 Å². The zero-order valence-electron chi connectivity index (χ0n) is 12.4. The van der Waals surface area contributed by atoms with Gasteiger partial charge in [-0.05, 0) is 40.9 Å². The van der Waals surface area contributed by atoms with Crippen LogP contribution in [0.4, 0.5) is 11.6 Å². The van der Waals surface area contributed by atoms with Crippen LogP contribution in [0.15, 0.2) is 22.0 Å². The second-order valence-corrected chi connectivity index (χ2v) is 7.27. The lowest BCUT2D eigenvalue weighted by Crippen LogP contribution is -2.10. The lowest BCUT2D eigenvalue weighted by molar-refractivity contribution is 0.910. The first-order chi connectivity index (χ1) is 10.2. The number of hydrogen-bond acceptors (Lipinski definition) is 5. The quantitative estimate of drug-likeness (QED) is 0.727. The van der Waals surface area contributed by atoms with E-state index in [9.17, 15) is 0 Å². The maximum atomic E-state index is 4.53. The van der Waals surface area contributed by atoms with E-state index in [1.807, 2.05) is 6.07 Å². The Morgan fingerprint density at radius 2 is 1.81 bits per heavy atom. The molecule has 0 aliphatic carbocycles. The molecule has 2 rings (SSSR count). The molecule has 0 saturated heterocycles. The van der Waals surface area contributed by atoms with Crippen molar-refractivity contribution in [2.75, 3.05) is 23.7 Å². The van der Waals surface area contributed by atoms with E-state index in [1.54, 1.807) is 11.3 Å². The van der Waals surface area contributed by atoms with E-state index in [-0.39, 0.29) is 0 Å². The van der Waals surface area contributed by atoms with E-state index in [4.69, 9.17) is 0 Å². The number of thiophene rings is 1. The van der Waals surface area contributed by atoms with Crippen molar-refractivity contribution < 1.29 is 0 Å². The van der Waals surface area contributed by atoms with E-state index in [1.165, 1.54) is 8.66 Å². The predicted molar refractivity (Wildman–Crippen MR) is 94.4 cm³/mol. The van der Waals surface area contributed by atoms with Gasteiger partial charge in [0.15, 0.2) is 0 Å². The molecule has 0 saturated carbocycles. The second kappa shape index (κ2) is 8.34. The molecule has 2 aromatic heterocycles. The average Bonchev–Trinajstić information content (AvgIpc) is 2.90. The Kier molecular flexibility index (Phi) is 6.45. The zero-order chi connectivity index (χ0) is 15.1. The Balaban J connectivity index is 1.94. The van der Waals surface area contributed by atoms with Gasteiger partial charge in [0.1, 0.15) is 17.5 Å². The Bertz CT molecular complexity index is 571. The number of hydrogen-bond donors (Lipinski definition) is 2. The van der Waals surface area contributed by atoms with Gasteiger partial charge in [0, 0.05) is 30.5 Å². The molecule has 0 radical (unpaired) electrons. The molecule has 0 aliphatic heterocycles. The lowest BCUT2D eigenvalue weighted by Gasteiger charge is -2.10. The van der Waals surface area contributed by atoms with Crippen LogP contribution in [0.1, 0.15) is 31.0 Å². The Labute approximate surface area is 138 Å². The fourth-order valence-corrected chi connectivity index (χ4v) is 3.37. The maximum Gasteiger partial charge on any atom is 0.132 e. The molecule has 0 bridgehead atoms. The van der Waals surface area contributed by atoms with Gasteiger partial charge in [-0.2, -0.15) is 0 Å². The highest BCUT2D eigenvalue weighted by Gasteiger charge is 2.04. The van der Waals surface area contributed by atoms with Crippen LogP contribution in [-0.2, 0) is 12.8 Å². The van der Waals surface area contributed by atoms with Gasteiger partial charge < -0.3 is 10.6 Å². The summed E-state index contributed by atoms with van der Waals surface area (Å²) >= 11 is 5.27. The topological polar surface area (TPSA) is 49.8 Å². The number of halogens is 1. The van der Waals surface area contributed by atoms with E-state index in [0.717, 1.165) is 49.8 Å². The number of nitrogens with zero attached hydrogens (tertiary/aromatic N) is 2. The van der Waals surface area contributed by atoms with E-state index < -0.39 is 0 Å². The molecule has 0 fully saturated rings. The Morgan fingerprint density at radius 1 is 1.10 bits per heavy atom. The van der Waals surface area contributed by atoms with Gasteiger partial charge in [-0.3, -0.25) is 0 Å². The van der Waals surface area contributed by atoms with E-state index in [0.29, 0.717) is 0 Å². The first-order valence-electron chi connectivity index (χ1n) is 7.31. The zero-order valence-corrected chi connectivity index (χ0v) is 14.9. The summed E-state index contributed by atoms with van der Waals surface area (Å²) in [5.74, 6) is 2.68. The van der Waals surface area contributed by atoms with Crippen molar-refractivity contribution in [2.45, 2.75) is 33.1 Å². The van der Waals surface area contributed by atoms with E-state index in [2.05, 4.69) is 62.5 Å². The standard InChI is InChI=1S/C15H21BrN4S/c1-3-8-17-14-10-15(20-13(4-2)19-14)18-9-7-11-5-6-12(16)21-11/h5-6,10H,3-4,7-9H2,1-2H3,(H2,17,18,19,20). The normalized spacial score (nSPS) is 10.6. The lowest BCUT2D eigenvalue weighted by atomic mass is 10.3. The van der Waals surface area contributed by atoms with Gasteiger partial charge >= 0.3 is 0 Å². The molecule has 6 heteroatoms. The number of rotatable bonds is 8. The van der Waals surface area contributed by atoms with Crippen molar-refractivity contribution in [3.63, 3.8) is 0 Å². The molecular weight excluding hydrogens is 348 g/mol. The summed E-state index contributed by atoms with van der Waals surface area (Å²) in [4.78, 5) is 10.4. The van der Waals surface area contributed by atoms with Gasteiger partial charge in [0.05, 0.1) is 3.79 Å². The molecule has 0 aromatic carbocycles. The van der Waals surface area contributed by atoms with Crippen molar-refractivity contribution in [1.29, 1.82) is 0 Å². The van der Waals surface area contributed by atoms with Crippen molar-refractivity contribution in [2.24, 2.45) is 0 Å². The maximum absolute atomic E-state index is 4.53. The Morgan fingerprint density at radius 3 is 2.38 bits per heavy atom. The first kappa shape index (κ1) is 16.2. The summed E-state index contributed by atoms with van der Waals surface area (Å²) in [6.45, 7) is 6.03. The van der Waals surface area contributed by atoms with Gasteiger partial charge in [-0.1, -0.05) is 13.8 Å². The fourth-order valence-electron chi connectivity index (χ4n) is 1.89. The van der Waals surface area contributed by atoms with Crippen LogP contribution in [-0.4, -0.2) is 23.1 Å². The third kappa shape index (κ3) is 5.28. The minimum absolute atomic E-state index is 0.841. The minimum atomic E-state index is 0.841. The van der Waals surface area contributed by atoms with Gasteiger partial charge in [0.2, 0.25) is 0 Å². The van der Waals surface area contributed by atoms with Crippen molar-refractivity contribution >= 4 is 38.9 Å². The predicted octanol–water partition coefficient (Wildman–Crippen LogP) is 4.34. The largest absolute Gasteiger partial charge is 0.370 e. The summed E-state index contributed by atoms with van der Waals surface area (Å²) in [7, 11) is 0. The summed E-state index contributed by atoms with van der Waals surface area (Å²) in [6.07, 6.45) is 2.93. The Hall–Kier alpha value is -1.14. The summed E-state index contributed by atoms with van der Waals surface area (Å²) in [6, 6.07) is 6.23. The molecule has 0 unspecified atom stereocenters. The molecule has 2 aromatic rings. The van der Waals surface area contributed by atoms with Crippen LogP contribution in [0.5, 0.6) is 0 Å².